The maximum absolute atomic E-state index is 12.5. The van der Waals surface area contributed by atoms with Crippen LogP contribution in [-0.2, 0) is 4.79 Å². The molecule has 7 heteroatoms. The maximum atomic E-state index is 12.5. The number of amides is 3. The Labute approximate surface area is 151 Å². The highest BCUT2D eigenvalue weighted by molar-refractivity contribution is 6.21. The molecular formula is C19H23N3O4. The zero-order chi connectivity index (χ0) is 18.5. The SMILES string of the molecule is NC(=O)[C@]12CCC[C@H](CC1)N2CC(O)CN1C(=O)c2ccccc2C1=O. The molecule has 0 spiro atoms. The molecule has 2 saturated heterocycles. The zero-order valence-corrected chi connectivity index (χ0v) is 14.6. The van der Waals surface area contributed by atoms with E-state index in [1.54, 1.807) is 24.3 Å². The quantitative estimate of drug-likeness (QED) is 0.748. The number of rotatable bonds is 5. The van der Waals surface area contributed by atoms with Crippen molar-refractivity contribution >= 4 is 17.7 Å². The van der Waals surface area contributed by atoms with Crippen molar-refractivity contribution < 1.29 is 19.5 Å². The average Bonchev–Trinajstić information content (AvgIpc) is 2.97. The van der Waals surface area contributed by atoms with E-state index in [9.17, 15) is 19.5 Å². The lowest BCUT2D eigenvalue weighted by Crippen LogP contribution is -2.60. The number of fused-ring (bicyclic) bond motifs is 3. The van der Waals surface area contributed by atoms with Crippen LogP contribution in [0.15, 0.2) is 24.3 Å². The van der Waals surface area contributed by atoms with Crippen LogP contribution in [0.4, 0.5) is 0 Å². The lowest BCUT2D eigenvalue weighted by Gasteiger charge is -2.43. The smallest absolute Gasteiger partial charge is 0.261 e. The molecule has 3 amide bonds. The molecule has 3 N–H and O–H groups in total. The van der Waals surface area contributed by atoms with Gasteiger partial charge in [0.25, 0.3) is 11.8 Å². The van der Waals surface area contributed by atoms with E-state index in [1.165, 1.54) is 0 Å². The average molecular weight is 357 g/mol. The number of imide groups is 1. The van der Waals surface area contributed by atoms with Crippen molar-refractivity contribution in [3.63, 3.8) is 0 Å². The van der Waals surface area contributed by atoms with Gasteiger partial charge in [0.15, 0.2) is 0 Å². The largest absolute Gasteiger partial charge is 0.390 e. The second-order valence-corrected chi connectivity index (χ2v) is 7.55. The Hall–Kier alpha value is -2.25. The number of β-amino-alcohol motifs (C(OH)–C–C–N with tert-alkyl or cyclic N) is 1. The van der Waals surface area contributed by atoms with Gasteiger partial charge < -0.3 is 10.8 Å². The van der Waals surface area contributed by atoms with Crippen LogP contribution in [0.5, 0.6) is 0 Å². The lowest BCUT2D eigenvalue weighted by molar-refractivity contribution is -0.132. The number of nitrogens with two attached hydrogens (primary N) is 1. The number of carbonyl (C=O) groups is 3. The summed E-state index contributed by atoms with van der Waals surface area (Å²) in [5, 5.41) is 10.6. The first-order valence-electron chi connectivity index (χ1n) is 9.14. The zero-order valence-electron chi connectivity index (χ0n) is 14.6. The number of primary amides is 1. The number of hydrogen-bond acceptors (Lipinski definition) is 5. The molecule has 0 radical (unpaired) electrons. The minimum atomic E-state index is -0.922. The highest BCUT2D eigenvalue weighted by Gasteiger charge is 2.53. The fraction of sp³-hybridized carbons (Fsp3) is 0.526. The number of aliphatic hydroxyl groups excluding tert-OH is 1. The normalized spacial score (nSPS) is 29.1. The van der Waals surface area contributed by atoms with E-state index in [-0.39, 0.29) is 36.9 Å². The van der Waals surface area contributed by atoms with E-state index < -0.39 is 11.6 Å². The summed E-state index contributed by atoms with van der Waals surface area (Å²) in [6, 6.07) is 6.90. The Morgan fingerprint density at radius 3 is 2.42 bits per heavy atom. The summed E-state index contributed by atoms with van der Waals surface area (Å²) in [4.78, 5) is 40.1. The Balaban J connectivity index is 1.48. The summed E-state index contributed by atoms with van der Waals surface area (Å²) in [5.41, 5.74) is 5.74. The van der Waals surface area contributed by atoms with Crippen LogP contribution in [0.2, 0.25) is 0 Å². The predicted molar refractivity (Wildman–Crippen MR) is 93.3 cm³/mol. The van der Waals surface area contributed by atoms with Gasteiger partial charge in [-0.2, -0.15) is 0 Å². The van der Waals surface area contributed by atoms with Crippen molar-refractivity contribution in [3.05, 3.63) is 35.4 Å². The molecule has 0 saturated carbocycles. The predicted octanol–water partition coefficient (Wildman–Crippen LogP) is 0.516. The van der Waals surface area contributed by atoms with E-state index in [0.29, 0.717) is 24.0 Å². The summed E-state index contributed by atoms with van der Waals surface area (Å²) >= 11 is 0. The Morgan fingerprint density at radius 2 is 1.81 bits per heavy atom. The fourth-order valence-electron chi connectivity index (χ4n) is 4.87. The molecule has 2 fully saturated rings. The monoisotopic (exact) mass is 357 g/mol. The third-order valence-electron chi connectivity index (χ3n) is 6.15. The first kappa shape index (κ1) is 17.2. The molecule has 1 aromatic rings. The van der Waals surface area contributed by atoms with Crippen LogP contribution in [-0.4, -0.2) is 63.4 Å². The molecule has 7 nitrogen and oxygen atoms in total. The molecule has 3 aliphatic rings. The van der Waals surface area contributed by atoms with Crippen LogP contribution < -0.4 is 5.73 Å². The molecule has 0 aromatic heterocycles. The topological polar surface area (TPSA) is 104 Å². The van der Waals surface area contributed by atoms with Crippen molar-refractivity contribution in [2.45, 2.75) is 49.8 Å². The van der Waals surface area contributed by atoms with Crippen molar-refractivity contribution in [1.82, 2.24) is 9.80 Å². The van der Waals surface area contributed by atoms with Gasteiger partial charge in [0.2, 0.25) is 5.91 Å². The Morgan fingerprint density at radius 1 is 1.15 bits per heavy atom. The van der Waals surface area contributed by atoms with Crippen molar-refractivity contribution in [2.75, 3.05) is 13.1 Å². The summed E-state index contributed by atoms with van der Waals surface area (Å²) in [7, 11) is 0. The van der Waals surface area contributed by atoms with Gasteiger partial charge in [-0.1, -0.05) is 12.1 Å². The summed E-state index contributed by atoms with van der Waals surface area (Å²) in [5.74, 6) is -1.10. The van der Waals surface area contributed by atoms with Crippen molar-refractivity contribution in [2.24, 2.45) is 5.73 Å². The summed E-state index contributed by atoms with van der Waals surface area (Å²) < 4.78 is 0. The van der Waals surface area contributed by atoms with Crippen molar-refractivity contribution in [1.29, 1.82) is 0 Å². The number of aliphatic hydroxyl groups is 1. The second-order valence-electron chi connectivity index (χ2n) is 7.55. The van der Waals surface area contributed by atoms with E-state index >= 15 is 0 Å². The number of nitrogens with zero attached hydrogens (tertiary/aromatic N) is 2. The molecule has 1 unspecified atom stereocenters. The molecule has 26 heavy (non-hydrogen) atoms. The summed E-state index contributed by atoms with van der Waals surface area (Å²) in [6.45, 7) is 0.158. The highest BCUT2D eigenvalue weighted by Crippen LogP contribution is 2.44. The number of carbonyl (C=O) groups excluding carboxylic acids is 3. The Kier molecular flexibility index (Phi) is 4.08. The minimum Gasteiger partial charge on any atom is -0.390 e. The number of piperidine rings is 1. The van der Waals surface area contributed by atoms with Gasteiger partial charge >= 0.3 is 0 Å². The highest BCUT2D eigenvalue weighted by atomic mass is 16.3. The number of hydrogen-bond donors (Lipinski definition) is 2. The first-order valence-corrected chi connectivity index (χ1v) is 9.14. The third-order valence-corrected chi connectivity index (χ3v) is 6.15. The maximum Gasteiger partial charge on any atom is 0.261 e. The van der Waals surface area contributed by atoms with Gasteiger partial charge in [0, 0.05) is 12.6 Å². The van der Waals surface area contributed by atoms with E-state index in [2.05, 4.69) is 0 Å². The van der Waals surface area contributed by atoms with E-state index in [4.69, 9.17) is 5.73 Å². The molecular weight excluding hydrogens is 334 g/mol. The standard InChI is InChI=1S/C19H23N3O4/c20-18(26)19-8-3-4-12(7-9-19)22(19)11-13(23)10-21-16(24)14-5-1-2-6-15(14)17(21)25/h1-2,5-6,12-13,23H,3-4,7-11H2,(H2,20,26)/t12-,13?,19+/m1/s1. The van der Waals surface area contributed by atoms with Gasteiger partial charge in [0.1, 0.15) is 5.54 Å². The van der Waals surface area contributed by atoms with E-state index in [0.717, 1.165) is 24.2 Å². The molecule has 2 bridgehead atoms. The molecule has 4 rings (SSSR count). The summed E-state index contributed by atoms with van der Waals surface area (Å²) in [6.07, 6.45) is 3.33. The number of benzene rings is 1. The third kappa shape index (κ3) is 2.46. The van der Waals surface area contributed by atoms with Gasteiger partial charge in [-0.3, -0.25) is 24.2 Å². The fourth-order valence-corrected chi connectivity index (χ4v) is 4.87. The molecule has 3 atom stereocenters. The molecule has 138 valence electrons. The van der Waals surface area contributed by atoms with Crippen LogP contribution >= 0.6 is 0 Å². The molecule has 3 aliphatic heterocycles. The van der Waals surface area contributed by atoms with E-state index in [1.807, 2.05) is 4.90 Å². The lowest BCUT2D eigenvalue weighted by atomic mass is 9.87. The first-order chi connectivity index (χ1) is 12.4. The van der Waals surface area contributed by atoms with Crippen LogP contribution in [0.25, 0.3) is 0 Å². The van der Waals surface area contributed by atoms with Crippen LogP contribution in [0.1, 0.15) is 52.8 Å². The minimum absolute atomic E-state index is 0.0790. The molecule has 3 heterocycles. The van der Waals surface area contributed by atoms with Crippen molar-refractivity contribution in [3.8, 4) is 0 Å². The van der Waals surface area contributed by atoms with Gasteiger partial charge in [-0.05, 0) is 44.2 Å². The second kappa shape index (κ2) is 6.17. The van der Waals surface area contributed by atoms with Gasteiger partial charge in [-0.15, -0.1) is 0 Å². The van der Waals surface area contributed by atoms with Gasteiger partial charge in [-0.25, -0.2) is 0 Å². The van der Waals surface area contributed by atoms with Crippen LogP contribution in [0, 0.1) is 0 Å². The molecule has 0 aliphatic carbocycles. The molecule has 1 aromatic carbocycles. The van der Waals surface area contributed by atoms with Crippen LogP contribution in [0.3, 0.4) is 0 Å². The Bertz CT molecular complexity index is 741. The van der Waals surface area contributed by atoms with Gasteiger partial charge in [0.05, 0.1) is 23.8 Å².